The van der Waals surface area contributed by atoms with Crippen LogP contribution in [0.1, 0.15) is 30.9 Å². The zero-order valence-corrected chi connectivity index (χ0v) is 21.6. The van der Waals surface area contributed by atoms with Gasteiger partial charge in [-0.2, -0.15) is 5.26 Å². The van der Waals surface area contributed by atoms with Crippen molar-refractivity contribution in [3.8, 4) is 6.07 Å². The number of amides is 2. The van der Waals surface area contributed by atoms with Gasteiger partial charge in [-0.1, -0.05) is 79.3 Å². The number of allylic oxidation sites excluding steroid dienone is 2. The van der Waals surface area contributed by atoms with Crippen molar-refractivity contribution in [3.05, 3.63) is 118 Å². The lowest BCUT2D eigenvalue weighted by atomic mass is 9.82. The summed E-state index contributed by atoms with van der Waals surface area (Å²) in [6.07, 6.45) is 0.932. The average molecular weight is 509 g/mol. The Balaban J connectivity index is 1.58. The molecule has 1 unspecified atom stereocenters. The number of nitrogens with one attached hydrogen (secondary N) is 3. The van der Waals surface area contributed by atoms with Crippen LogP contribution in [0.5, 0.6) is 0 Å². The molecule has 4 rings (SSSR count). The van der Waals surface area contributed by atoms with E-state index in [2.05, 4.69) is 28.9 Å². The molecule has 0 spiro atoms. The highest BCUT2D eigenvalue weighted by Gasteiger charge is 2.34. The van der Waals surface area contributed by atoms with Crippen LogP contribution >= 0.6 is 11.8 Å². The van der Waals surface area contributed by atoms with E-state index in [9.17, 15) is 14.9 Å². The maximum Gasteiger partial charge on any atom is 0.254 e. The summed E-state index contributed by atoms with van der Waals surface area (Å²) >= 11 is 1.25. The van der Waals surface area contributed by atoms with Crippen molar-refractivity contribution in [3.63, 3.8) is 0 Å². The zero-order chi connectivity index (χ0) is 26.2. The van der Waals surface area contributed by atoms with Crippen LogP contribution in [-0.4, -0.2) is 17.6 Å². The largest absolute Gasteiger partial charge is 0.353 e. The number of hydrogen-bond donors (Lipinski definition) is 3. The molecule has 3 aromatic carbocycles. The first-order valence-corrected chi connectivity index (χ1v) is 13.0. The maximum atomic E-state index is 13.4. The standard InChI is InChI=1S/C30H28N4O2S/c1-3-21-14-16-24(17-15-21)33-26(35)19-37-30-25(18-31)28(22-10-6-4-7-11-22)27(20(2)32-30)29(36)34-23-12-8-5-9-13-23/h4-17,28,32H,3,19H2,1-2H3,(H,33,35)(H,34,36). The van der Waals surface area contributed by atoms with Crippen molar-refractivity contribution in [2.24, 2.45) is 0 Å². The van der Waals surface area contributed by atoms with Gasteiger partial charge < -0.3 is 16.0 Å². The SMILES string of the molecule is CCc1ccc(NC(=O)CSC2=C(C#N)C(c3ccccc3)C(C(=O)Nc3ccccc3)=C(C)N2)cc1. The minimum Gasteiger partial charge on any atom is -0.353 e. The van der Waals surface area contributed by atoms with Gasteiger partial charge in [0.1, 0.15) is 0 Å². The fraction of sp³-hybridized carbons (Fsp3) is 0.167. The molecular weight excluding hydrogens is 480 g/mol. The molecule has 3 aromatic rings. The number of rotatable bonds is 8. The number of thioether (sulfide) groups is 1. The molecule has 0 radical (unpaired) electrons. The van der Waals surface area contributed by atoms with Crippen molar-refractivity contribution in [2.45, 2.75) is 26.2 Å². The summed E-state index contributed by atoms with van der Waals surface area (Å²) in [5.74, 6) is -0.909. The average Bonchev–Trinajstić information content (AvgIpc) is 2.92. The smallest absolute Gasteiger partial charge is 0.254 e. The first kappa shape index (κ1) is 25.8. The first-order valence-electron chi connectivity index (χ1n) is 12.0. The number of hydrogen-bond acceptors (Lipinski definition) is 5. The predicted octanol–water partition coefficient (Wildman–Crippen LogP) is 5.96. The molecule has 0 aliphatic carbocycles. The number of para-hydroxylation sites is 1. The maximum absolute atomic E-state index is 13.4. The summed E-state index contributed by atoms with van der Waals surface area (Å²) in [5.41, 5.74) is 4.94. The third-order valence-corrected chi connectivity index (χ3v) is 7.07. The molecule has 0 bridgehead atoms. The van der Waals surface area contributed by atoms with Gasteiger partial charge in [0.15, 0.2) is 0 Å². The molecule has 3 N–H and O–H groups in total. The number of benzene rings is 3. The third-order valence-electron chi connectivity index (χ3n) is 6.05. The molecule has 6 nitrogen and oxygen atoms in total. The van der Waals surface area contributed by atoms with E-state index in [1.165, 1.54) is 17.3 Å². The molecule has 37 heavy (non-hydrogen) atoms. The third kappa shape index (κ3) is 6.29. The Morgan fingerprint density at radius 3 is 2.16 bits per heavy atom. The van der Waals surface area contributed by atoms with Crippen LogP contribution < -0.4 is 16.0 Å². The minimum absolute atomic E-state index is 0.114. The molecule has 186 valence electrons. The van der Waals surface area contributed by atoms with Gasteiger partial charge in [-0.3, -0.25) is 9.59 Å². The van der Waals surface area contributed by atoms with Crippen LogP contribution in [0.15, 0.2) is 107 Å². The quantitative estimate of drug-likeness (QED) is 0.349. The summed E-state index contributed by atoms with van der Waals surface area (Å²) in [5, 5.41) is 19.9. The molecule has 7 heteroatoms. The number of carbonyl (C=O) groups is 2. The van der Waals surface area contributed by atoms with Crippen molar-refractivity contribution < 1.29 is 9.59 Å². The van der Waals surface area contributed by atoms with E-state index >= 15 is 0 Å². The molecule has 1 aliphatic rings. The van der Waals surface area contributed by atoms with Gasteiger partial charge in [-0.05, 0) is 48.7 Å². The van der Waals surface area contributed by atoms with Crippen molar-refractivity contribution >= 4 is 35.0 Å². The number of nitriles is 1. The Morgan fingerprint density at radius 1 is 0.919 bits per heavy atom. The molecular formula is C30H28N4O2S. The summed E-state index contributed by atoms with van der Waals surface area (Å²) in [6.45, 7) is 3.90. The molecule has 1 heterocycles. The Bertz CT molecular complexity index is 1370. The van der Waals surface area contributed by atoms with Crippen LogP contribution in [0.3, 0.4) is 0 Å². The Hall–Kier alpha value is -4.28. The zero-order valence-electron chi connectivity index (χ0n) is 20.7. The lowest BCUT2D eigenvalue weighted by Crippen LogP contribution is -2.31. The Kier molecular flexibility index (Phi) is 8.44. The number of nitrogens with zero attached hydrogens (tertiary/aromatic N) is 1. The lowest BCUT2D eigenvalue weighted by molar-refractivity contribution is -0.114. The summed E-state index contributed by atoms with van der Waals surface area (Å²) in [4.78, 5) is 26.1. The Morgan fingerprint density at radius 2 is 1.54 bits per heavy atom. The monoisotopic (exact) mass is 508 g/mol. The van der Waals surface area contributed by atoms with Gasteiger partial charge in [-0.25, -0.2) is 0 Å². The van der Waals surface area contributed by atoms with Gasteiger partial charge in [-0.15, -0.1) is 0 Å². The summed E-state index contributed by atoms with van der Waals surface area (Å²) in [7, 11) is 0. The van der Waals surface area contributed by atoms with E-state index in [1.54, 1.807) is 0 Å². The number of carbonyl (C=O) groups excluding carboxylic acids is 2. The van der Waals surface area contributed by atoms with Crippen molar-refractivity contribution in [2.75, 3.05) is 16.4 Å². The normalized spacial score (nSPS) is 15.0. The second-order valence-electron chi connectivity index (χ2n) is 8.57. The topological polar surface area (TPSA) is 94.0 Å². The van der Waals surface area contributed by atoms with Gasteiger partial charge in [0.05, 0.1) is 28.3 Å². The second-order valence-corrected chi connectivity index (χ2v) is 9.56. The lowest BCUT2D eigenvalue weighted by Gasteiger charge is -2.29. The van der Waals surface area contributed by atoms with Gasteiger partial charge >= 0.3 is 0 Å². The van der Waals surface area contributed by atoms with E-state index in [0.29, 0.717) is 27.6 Å². The van der Waals surface area contributed by atoms with E-state index in [0.717, 1.165) is 17.7 Å². The molecule has 0 saturated heterocycles. The molecule has 0 aromatic heterocycles. The molecule has 1 atom stereocenters. The van der Waals surface area contributed by atoms with Crippen LogP contribution in [0.25, 0.3) is 0 Å². The first-order chi connectivity index (χ1) is 18.0. The van der Waals surface area contributed by atoms with Gasteiger partial charge in [0.25, 0.3) is 5.91 Å². The molecule has 1 aliphatic heterocycles. The van der Waals surface area contributed by atoms with Crippen molar-refractivity contribution in [1.29, 1.82) is 5.26 Å². The molecule has 2 amide bonds. The van der Waals surface area contributed by atoms with Crippen LogP contribution in [0.4, 0.5) is 11.4 Å². The van der Waals surface area contributed by atoms with E-state index in [-0.39, 0.29) is 17.6 Å². The Labute approximate surface area is 221 Å². The number of dihydropyridines is 1. The number of aryl methyl sites for hydroxylation is 1. The predicted molar refractivity (Wildman–Crippen MR) is 150 cm³/mol. The fourth-order valence-corrected chi connectivity index (χ4v) is 5.08. The van der Waals surface area contributed by atoms with E-state index in [4.69, 9.17) is 0 Å². The van der Waals surface area contributed by atoms with Gasteiger partial charge in [0.2, 0.25) is 5.91 Å². The fourth-order valence-electron chi connectivity index (χ4n) is 4.18. The van der Waals surface area contributed by atoms with E-state index < -0.39 is 5.92 Å². The summed E-state index contributed by atoms with van der Waals surface area (Å²) < 4.78 is 0. The van der Waals surface area contributed by atoms with E-state index in [1.807, 2.05) is 91.9 Å². The highest BCUT2D eigenvalue weighted by atomic mass is 32.2. The highest BCUT2D eigenvalue weighted by Crippen LogP contribution is 2.40. The summed E-state index contributed by atoms with van der Waals surface area (Å²) in [6, 6.07) is 28.8. The molecule has 0 fully saturated rings. The van der Waals surface area contributed by atoms with Crippen molar-refractivity contribution in [1.82, 2.24) is 5.32 Å². The van der Waals surface area contributed by atoms with Crippen LogP contribution in [0.2, 0.25) is 0 Å². The van der Waals surface area contributed by atoms with Crippen LogP contribution in [-0.2, 0) is 16.0 Å². The number of anilines is 2. The van der Waals surface area contributed by atoms with Gasteiger partial charge in [0, 0.05) is 22.6 Å². The minimum atomic E-state index is -0.566. The highest BCUT2D eigenvalue weighted by molar-refractivity contribution is 8.03. The second kappa shape index (κ2) is 12.1. The molecule has 0 saturated carbocycles. The van der Waals surface area contributed by atoms with Crippen LogP contribution in [0, 0.1) is 11.3 Å².